The third kappa shape index (κ3) is 3.02. The lowest BCUT2D eigenvalue weighted by Crippen LogP contribution is -2.44. The van der Waals surface area contributed by atoms with Gasteiger partial charge in [0.15, 0.2) is 0 Å². The summed E-state index contributed by atoms with van der Waals surface area (Å²) >= 11 is 0. The van der Waals surface area contributed by atoms with E-state index >= 15 is 0 Å². The van der Waals surface area contributed by atoms with Crippen LogP contribution in [0.15, 0.2) is 0 Å². The van der Waals surface area contributed by atoms with E-state index in [0.29, 0.717) is 19.7 Å². The highest BCUT2D eigenvalue weighted by Crippen LogP contribution is 2.31. The normalized spacial score (nSPS) is 21.3. The van der Waals surface area contributed by atoms with Crippen molar-refractivity contribution < 1.29 is 9.53 Å². The van der Waals surface area contributed by atoms with Crippen LogP contribution in [0, 0.1) is 5.92 Å². The highest BCUT2D eigenvalue weighted by Gasteiger charge is 2.33. The molecule has 0 radical (unpaired) electrons. The van der Waals surface area contributed by atoms with Gasteiger partial charge in [-0.05, 0) is 18.8 Å². The fourth-order valence-electron chi connectivity index (χ4n) is 2.84. The van der Waals surface area contributed by atoms with Gasteiger partial charge in [0, 0.05) is 40.2 Å². The lowest BCUT2D eigenvalue weighted by atomic mass is 9.99. The molecule has 0 aromatic carbocycles. The number of ether oxygens (including phenoxy) is 1. The number of fused-ring (bicyclic) bond motifs is 1. The van der Waals surface area contributed by atoms with Crippen molar-refractivity contribution in [3.05, 3.63) is 11.4 Å². The average molecular weight is 293 g/mol. The zero-order chi connectivity index (χ0) is 15.0. The highest BCUT2D eigenvalue weighted by atomic mass is 16.5. The first kappa shape index (κ1) is 14.3. The highest BCUT2D eigenvalue weighted by molar-refractivity contribution is 5.74. The van der Waals surface area contributed by atoms with E-state index in [1.165, 1.54) is 12.8 Å². The van der Waals surface area contributed by atoms with Crippen molar-refractivity contribution in [2.75, 3.05) is 33.9 Å². The summed E-state index contributed by atoms with van der Waals surface area (Å²) in [5.41, 5.74) is 1.99. The van der Waals surface area contributed by atoms with Gasteiger partial charge in [0.05, 0.1) is 18.8 Å². The SMILES string of the molecule is CN(C)C(=O)N1Cc2nnn(C)c2[C@H](COCC2CC2)C1. The first-order valence-electron chi connectivity index (χ1n) is 7.48. The second-order valence-electron chi connectivity index (χ2n) is 6.28. The second kappa shape index (κ2) is 5.63. The largest absolute Gasteiger partial charge is 0.380 e. The maximum Gasteiger partial charge on any atom is 0.319 e. The predicted octanol–water partition coefficient (Wildman–Crippen LogP) is 0.822. The Morgan fingerprint density at radius 1 is 1.38 bits per heavy atom. The molecule has 0 saturated heterocycles. The van der Waals surface area contributed by atoms with Gasteiger partial charge in [-0.25, -0.2) is 4.79 Å². The van der Waals surface area contributed by atoms with E-state index in [1.807, 2.05) is 16.6 Å². The zero-order valence-corrected chi connectivity index (χ0v) is 12.9. The summed E-state index contributed by atoms with van der Waals surface area (Å²) in [6.07, 6.45) is 2.57. The standard InChI is InChI=1S/C14H23N5O2/c1-17(2)14(20)19-6-11(9-21-8-10-4-5-10)13-12(7-19)15-16-18(13)3/h10-11H,4-9H2,1-3H3/t11-/m0/s1. The van der Waals surface area contributed by atoms with Crippen molar-refractivity contribution in [3.8, 4) is 0 Å². The van der Waals surface area contributed by atoms with Crippen LogP contribution in [0.3, 0.4) is 0 Å². The molecule has 1 saturated carbocycles. The number of carbonyl (C=O) groups is 1. The van der Waals surface area contributed by atoms with Crippen LogP contribution in [-0.4, -0.2) is 64.7 Å². The van der Waals surface area contributed by atoms with Gasteiger partial charge >= 0.3 is 6.03 Å². The maximum absolute atomic E-state index is 12.2. The molecule has 1 aliphatic carbocycles. The number of urea groups is 1. The van der Waals surface area contributed by atoms with E-state index in [2.05, 4.69) is 10.3 Å². The Morgan fingerprint density at radius 3 is 2.81 bits per heavy atom. The summed E-state index contributed by atoms with van der Waals surface area (Å²) in [5, 5.41) is 8.30. The molecule has 21 heavy (non-hydrogen) atoms. The van der Waals surface area contributed by atoms with E-state index in [4.69, 9.17) is 4.74 Å². The third-order valence-electron chi connectivity index (χ3n) is 4.13. The van der Waals surface area contributed by atoms with Crippen molar-refractivity contribution in [2.24, 2.45) is 13.0 Å². The lowest BCUT2D eigenvalue weighted by Gasteiger charge is -2.33. The van der Waals surface area contributed by atoms with Crippen LogP contribution in [0.5, 0.6) is 0 Å². The number of carbonyl (C=O) groups excluding carboxylic acids is 1. The van der Waals surface area contributed by atoms with Crippen molar-refractivity contribution >= 4 is 6.03 Å². The Morgan fingerprint density at radius 2 is 2.14 bits per heavy atom. The van der Waals surface area contributed by atoms with Gasteiger partial charge in [-0.15, -0.1) is 5.10 Å². The number of hydrogen-bond donors (Lipinski definition) is 0. The summed E-state index contributed by atoms with van der Waals surface area (Å²) in [6.45, 7) is 2.65. The molecule has 2 heterocycles. The maximum atomic E-state index is 12.2. The number of nitrogens with zero attached hydrogens (tertiary/aromatic N) is 5. The van der Waals surface area contributed by atoms with Gasteiger partial charge in [0.1, 0.15) is 5.69 Å². The predicted molar refractivity (Wildman–Crippen MR) is 76.8 cm³/mol. The molecule has 116 valence electrons. The Hall–Kier alpha value is -1.63. The van der Waals surface area contributed by atoms with Crippen LogP contribution in [0.25, 0.3) is 0 Å². The van der Waals surface area contributed by atoms with Gasteiger partial charge in [0.25, 0.3) is 0 Å². The minimum Gasteiger partial charge on any atom is -0.380 e. The molecule has 2 amide bonds. The molecule has 7 nitrogen and oxygen atoms in total. The molecule has 1 atom stereocenters. The van der Waals surface area contributed by atoms with Crippen molar-refractivity contribution in [1.82, 2.24) is 24.8 Å². The van der Waals surface area contributed by atoms with E-state index in [0.717, 1.165) is 23.9 Å². The molecular weight excluding hydrogens is 270 g/mol. The smallest absolute Gasteiger partial charge is 0.319 e. The summed E-state index contributed by atoms with van der Waals surface area (Å²) in [5.74, 6) is 0.897. The van der Waals surface area contributed by atoms with Crippen LogP contribution >= 0.6 is 0 Å². The number of rotatable bonds is 4. The van der Waals surface area contributed by atoms with Crippen LogP contribution in [0.1, 0.15) is 30.1 Å². The topological polar surface area (TPSA) is 63.5 Å². The van der Waals surface area contributed by atoms with Crippen molar-refractivity contribution in [1.29, 1.82) is 0 Å². The molecule has 7 heteroatoms. The molecule has 3 rings (SSSR count). The van der Waals surface area contributed by atoms with Crippen molar-refractivity contribution in [3.63, 3.8) is 0 Å². The second-order valence-corrected chi connectivity index (χ2v) is 6.28. The Labute approximate surface area is 124 Å². The quantitative estimate of drug-likeness (QED) is 0.824. The van der Waals surface area contributed by atoms with Crippen LogP contribution in [-0.2, 0) is 18.3 Å². The molecule has 1 fully saturated rings. The number of aryl methyl sites for hydroxylation is 1. The number of hydrogen-bond acceptors (Lipinski definition) is 4. The van der Waals surface area contributed by atoms with Crippen LogP contribution in [0.4, 0.5) is 4.79 Å². The summed E-state index contributed by atoms with van der Waals surface area (Å²) in [7, 11) is 5.45. The number of aromatic nitrogens is 3. The number of amides is 2. The minimum atomic E-state index is 0.0125. The molecule has 1 aliphatic heterocycles. The van der Waals surface area contributed by atoms with E-state index in [9.17, 15) is 4.79 Å². The van der Waals surface area contributed by atoms with Gasteiger partial charge in [-0.3, -0.25) is 4.68 Å². The molecule has 1 aromatic heterocycles. The first-order valence-corrected chi connectivity index (χ1v) is 7.48. The molecule has 0 spiro atoms. The van der Waals surface area contributed by atoms with E-state index in [1.54, 1.807) is 19.0 Å². The fourth-order valence-corrected chi connectivity index (χ4v) is 2.84. The summed E-state index contributed by atoms with van der Waals surface area (Å²) in [4.78, 5) is 15.6. The van der Waals surface area contributed by atoms with E-state index < -0.39 is 0 Å². The molecule has 0 unspecified atom stereocenters. The Balaban J connectivity index is 1.72. The zero-order valence-electron chi connectivity index (χ0n) is 12.9. The summed E-state index contributed by atoms with van der Waals surface area (Å²) in [6, 6.07) is 0.0125. The monoisotopic (exact) mass is 293 g/mol. The molecule has 0 bridgehead atoms. The van der Waals surface area contributed by atoms with Gasteiger partial charge in [-0.1, -0.05) is 5.21 Å². The van der Waals surface area contributed by atoms with E-state index in [-0.39, 0.29) is 11.9 Å². The molecular formula is C14H23N5O2. The van der Waals surface area contributed by atoms with Gasteiger partial charge in [-0.2, -0.15) is 0 Å². The fraction of sp³-hybridized carbons (Fsp3) is 0.786. The van der Waals surface area contributed by atoms with Crippen LogP contribution < -0.4 is 0 Å². The molecule has 0 N–H and O–H groups in total. The van der Waals surface area contributed by atoms with Crippen LogP contribution in [0.2, 0.25) is 0 Å². The molecule has 2 aliphatic rings. The Bertz CT molecular complexity index is 523. The summed E-state index contributed by atoms with van der Waals surface area (Å²) < 4.78 is 7.66. The lowest BCUT2D eigenvalue weighted by molar-refractivity contribution is 0.0895. The minimum absolute atomic E-state index is 0.0125. The Kier molecular flexibility index (Phi) is 3.84. The van der Waals surface area contributed by atoms with Gasteiger partial charge < -0.3 is 14.5 Å². The van der Waals surface area contributed by atoms with Crippen molar-refractivity contribution in [2.45, 2.75) is 25.3 Å². The van der Waals surface area contributed by atoms with Gasteiger partial charge in [0.2, 0.25) is 0 Å². The third-order valence-corrected chi connectivity index (χ3v) is 4.13. The first-order chi connectivity index (χ1) is 10.1. The molecule has 1 aromatic rings. The average Bonchev–Trinajstić information content (AvgIpc) is 3.20.